The summed E-state index contributed by atoms with van der Waals surface area (Å²) < 4.78 is 6.33. The van der Waals surface area contributed by atoms with Gasteiger partial charge in [0.2, 0.25) is 0 Å². The highest BCUT2D eigenvalue weighted by atomic mass is 79.9. The fraction of sp³-hybridized carbons (Fsp3) is 0.231. The Morgan fingerprint density at radius 1 is 1.35 bits per heavy atom. The molecule has 0 saturated carbocycles. The third-order valence-electron chi connectivity index (χ3n) is 3.13. The smallest absolute Gasteiger partial charge is 0.163 e. The molecule has 0 amide bonds. The molecule has 2 aromatic rings. The summed E-state index contributed by atoms with van der Waals surface area (Å²) in [7, 11) is 0. The Hall–Kier alpha value is -1.21. The van der Waals surface area contributed by atoms with E-state index in [0.29, 0.717) is 29.9 Å². The van der Waals surface area contributed by atoms with Gasteiger partial charge in [0.05, 0.1) is 23.9 Å². The first kappa shape index (κ1) is 13.8. The van der Waals surface area contributed by atoms with Crippen molar-refractivity contribution in [2.75, 3.05) is 12.0 Å². The molecule has 1 aliphatic rings. The maximum atomic E-state index is 6.26. The fourth-order valence-corrected chi connectivity index (χ4v) is 2.90. The van der Waals surface area contributed by atoms with Crippen molar-refractivity contribution in [2.45, 2.75) is 13.0 Å². The number of hydrogen-bond acceptors (Lipinski definition) is 5. The molecule has 0 aliphatic carbocycles. The lowest BCUT2D eigenvalue weighted by molar-refractivity contribution is 0.109. The molecule has 3 N–H and O–H groups in total. The molecular weight excluding hydrogens is 344 g/mol. The molecule has 1 aromatic heterocycles. The number of benzene rings is 1. The molecule has 3 rings (SSSR count). The summed E-state index contributed by atoms with van der Waals surface area (Å²) in [6.07, 6.45) is 0.744. The van der Waals surface area contributed by atoms with Crippen LogP contribution < -0.4 is 11.3 Å². The SMILES string of the molecule is NNc1nc(-c2ccc(Br)cc2Cl)nc2c1COCC2. The zero-order valence-corrected chi connectivity index (χ0v) is 12.8. The first-order chi connectivity index (χ1) is 9.69. The van der Waals surface area contributed by atoms with Gasteiger partial charge in [-0.2, -0.15) is 0 Å². The lowest BCUT2D eigenvalue weighted by Crippen LogP contribution is -2.19. The summed E-state index contributed by atoms with van der Waals surface area (Å²) in [4.78, 5) is 9.03. The van der Waals surface area contributed by atoms with E-state index in [-0.39, 0.29) is 0 Å². The average molecular weight is 356 g/mol. The van der Waals surface area contributed by atoms with Gasteiger partial charge in [0.15, 0.2) is 5.82 Å². The molecule has 1 aliphatic heterocycles. The molecule has 104 valence electrons. The highest BCUT2D eigenvalue weighted by Crippen LogP contribution is 2.31. The molecule has 0 bridgehead atoms. The van der Waals surface area contributed by atoms with E-state index in [4.69, 9.17) is 22.2 Å². The molecule has 7 heteroatoms. The average Bonchev–Trinajstić information content (AvgIpc) is 2.46. The van der Waals surface area contributed by atoms with Gasteiger partial charge in [0.25, 0.3) is 0 Å². The summed E-state index contributed by atoms with van der Waals surface area (Å²) in [5, 5.41) is 0.592. The summed E-state index contributed by atoms with van der Waals surface area (Å²) in [6.45, 7) is 1.13. The number of rotatable bonds is 2. The number of anilines is 1. The molecule has 0 atom stereocenters. The zero-order valence-electron chi connectivity index (χ0n) is 10.5. The number of fused-ring (bicyclic) bond motifs is 1. The lowest BCUT2D eigenvalue weighted by atomic mass is 10.1. The number of ether oxygens (including phenoxy) is 1. The predicted molar refractivity (Wildman–Crippen MR) is 81.3 cm³/mol. The molecule has 5 nitrogen and oxygen atoms in total. The van der Waals surface area contributed by atoms with Crippen molar-refractivity contribution in [3.8, 4) is 11.4 Å². The van der Waals surface area contributed by atoms with E-state index in [1.807, 2.05) is 18.2 Å². The summed E-state index contributed by atoms with van der Waals surface area (Å²) >= 11 is 9.64. The van der Waals surface area contributed by atoms with Gasteiger partial charge in [-0.15, -0.1) is 0 Å². The molecule has 20 heavy (non-hydrogen) atoms. The van der Waals surface area contributed by atoms with Crippen LogP contribution >= 0.6 is 27.5 Å². The van der Waals surface area contributed by atoms with Crippen LogP contribution in [0.25, 0.3) is 11.4 Å². The maximum absolute atomic E-state index is 6.26. The van der Waals surface area contributed by atoms with Crippen LogP contribution in [0.15, 0.2) is 22.7 Å². The van der Waals surface area contributed by atoms with Crippen LogP contribution in [-0.2, 0) is 17.8 Å². The molecule has 0 unspecified atom stereocenters. The van der Waals surface area contributed by atoms with Crippen molar-refractivity contribution < 1.29 is 4.74 Å². The van der Waals surface area contributed by atoms with Crippen LogP contribution in [0.3, 0.4) is 0 Å². The number of halogens is 2. The van der Waals surface area contributed by atoms with Gasteiger partial charge in [0, 0.05) is 22.0 Å². The van der Waals surface area contributed by atoms with Crippen LogP contribution in [0.2, 0.25) is 5.02 Å². The standard InChI is InChI=1S/C13H12BrClN4O/c14-7-1-2-8(10(15)5-7)12-17-11-3-4-20-6-9(11)13(18-12)19-16/h1-2,5H,3-4,6,16H2,(H,17,18,19). The molecule has 0 saturated heterocycles. The first-order valence-corrected chi connectivity index (χ1v) is 7.25. The molecule has 1 aromatic carbocycles. The second-order valence-corrected chi connectivity index (χ2v) is 5.72. The van der Waals surface area contributed by atoms with E-state index in [2.05, 4.69) is 31.3 Å². The van der Waals surface area contributed by atoms with Crippen molar-refractivity contribution in [1.29, 1.82) is 0 Å². The van der Waals surface area contributed by atoms with Crippen molar-refractivity contribution in [1.82, 2.24) is 9.97 Å². The second-order valence-electron chi connectivity index (χ2n) is 4.39. The van der Waals surface area contributed by atoms with Gasteiger partial charge in [-0.3, -0.25) is 0 Å². The quantitative estimate of drug-likeness (QED) is 0.640. The van der Waals surface area contributed by atoms with Crippen molar-refractivity contribution in [3.05, 3.63) is 39.0 Å². The van der Waals surface area contributed by atoms with E-state index < -0.39 is 0 Å². The topological polar surface area (TPSA) is 73.1 Å². The number of nitrogens with two attached hydrogens (primary N) is 1. The fourth-order valence-electron chi connectivity index (χ4n) is 2.14. The summed E-state index contributed by atoms with van der Waals surface area (Å²) in [5.74, 6) is 6.70. The van der Waals surface area contributed by atoms with Crippen LogP contribution in [0, 0.1) is 0 Å². The minimum atomic E-state index is 0.475. The molecule has 0 radical (unpaired) electrons. The Morgan fingerprint density at radius 3 is 2.95 bits per heavy atom. The Bertz CT molecular complexity index is 648. The van der Waals surface area contributed by atoms with E-state index in [0.717, 1.165) is 27.7 Å². The molecule has 0 spiro atoms. The van der Waals surface area contributed by atoms with Gasteiger partial charge < -0.3 is 10.2 Å². The summed E-state index contributed by atoms with van der Waals surface area (Å²) in [6, 6.07) is 5.61. The number of aromatic nitrogens is 2. The van der Waals surface area contributed by atoms with E-state index >= 15 is 0 Å². The van der Waals surface area contributed by atoms with E-state index in [9.17, 15) is 0 Å². The van der Waals surface area contributed by atoms with Gasteiger partial charge in [0.1, 0.15) is 5.82 Å². The highest BCUT2D eigenvalue weighted by molar-refractivity contribution is 9.10. The van der Waals surface area contributed by atoms with Crippen molar-refractivity contribution >= 4 is 33.3 Å². The van der Waals surface area contributed by atoms with Crippen LogP contribution in [0.5, 0.6) is 0 Å². The third-order valence-corrected chi connectivity index (χ3v) is 3.94. The Kier molecular flexibility index (Phi) is 3.89. The maximum Gasteiger partial charge on any atom is 0.163 e. The van der Waals surface area contributed by atoms with Gasteiger partial charge >= 0.3 is 0 Å². The van der Waals surface area contributed by atoms with E-state index in [1.54, 1.807) is 0 Å². The predicted octanol–water partition coefficient (Wildman–Crippen LogP) is 2.92. The first-order valence-electron chi connectivity index (χ1n) is 6.08. The number of nitrogen functional groups attached to an aromatic ring is 1. The zero-order chi connectivity index (χ0) is 14.1. The van der Waals surface area contributed by atoms with E-state index in [1.165, 1.54) is 0 Å². The number of nitrogens with zero attached hydrogens (tertiary/aromatic N) is 2. The van der Waals surface area contributed by atoms with Gasteiger partial charge in [-0.05, 0) is 18.2 Å². The van der Waals surface area contributed by atoms with Gasteiger partial charge in [-0.1, -0.05) is 27.5 Å². The molecule has 2 heterocycles. The number of hydrogen-bond donors (Lipinski definition) is 2. The minimum absolute atomic E-state index is 0.475. The lowest BCUT2D eigenvalue weighted by Gasteiger charge is -2.19. The molecule has 0 fully saturated rings. The van der Waals surface area contributed by atoms with Gasteiger partial charge in [-0.25, -0.2) is 15.8 Å². The molecular formula is C13H12BrClN4O. The normalized spacial score (nSPS) is 13.9. The van der Waals surface area contributed by atoms with Crippen molar-refractivity contribution in [3.63, 3.8) is 0 Å². The number of nitrogens with one attached hydrogen (secondary N) is 1. The Balaban J connectivity index is 2.14. The van der Waals surface area contributed by atoms with Crippen LogP contribution in [0.4, 0.5) is 5.82 Å². The monoisotopic (exact) mass is 354 g/mol. The Morgan fingerprint density at radius 2 is 2.20 bits per heavy atom. The third kappa shape index (κ3) is 2.52. The number of hydrazine groups is 1. The second kappa shape index (κ2) is 5.65. The minimum Gasteiger partial charge on any atom is -0.376 e. The van der Waals surface area contributed by atoms with Crippen LogP contribution in [-0.4, -0.2) is 16.6 Å². The van der Waals surface area contributed by atoms with Crippen LogP contribution in [0.1, 0.15) is 11.3 Å². The summed E-state index contributed by atoms with van der Waals surface area (Å²) in [5.41, 5.74) is 5.26. The Labute approximate surface area is 129 Å². The largest absolute Gasteiger partial charge is 0.376 e. The highest BCUT2D eigenvalue weighted by Gasteiger charge is 2.19. The van der Waals surface area contributed by atoms with Crippen molar-refractivity contribution in [2.24, 2.45) is 5.84 Å².